The Morgan fingerprint density at radius 3 is 2.51 bits per heavy atom. The van der Waals surface area contributed by atoms with E-state index in [0.717, 1.165) is 17.5 Å². The van der Waals surface area contributed by atoms with Gasteiger partial charge in [0.15, 0.2) is 6.04 Å². The Hall–Kier alpha value is -3.94. The second-order valence-corrected chi connectivity index (χ2v) is 9.13. The van der Waals surface area contributed by atoms with E-state index in [0.29, 0.717) is 23.4 Å². The molecule has 8 nitrogen and oxygen atoms in total. The molecule has 2 aromatic carbocycles. The molecule has 35 heavy (non-hydrogen) atoms. The number of furan rings is 1. The fraction of sp³-hybridized carbons (Fsp3) is 0.333. The number of aryl methyl sites for hydroxylation is 1. The molecule has 0 bridgehead atoms. The monoisotopic (exact) mass is 473 g/mol. The molecule has 0 aliphatic rings. The first-order valence-corrected chi connectivity index (χ1v) is 11.9. The molecule has 1 N–H and O–H groups in total. The van der Waals surface area contributed by atoms with Crippen molar-refractivity contribution in [2.24, 2.45) is 0 Å². The summed E-state index contributed by atoms with van der Waals surface area (Å²) in [6.07, 6.45) is 2.94. The average Bonchev–Trinajstić information content (AvgIpc) is 3.52. The number of fused-ring (bicyclic) bond motifs is 1. The first-order valence-electron chi connectivity index (χ1n) is 11.9. The van der Waals surface area contributed by atoms with Gasteiger partial charge in [0.25, 0.3) is 5.91 Å². The normalized spacial score (nSPS) is 12.5. The lowest BCUT2D eigenvalue weighted by molar-refractivity contribution is -0.128. The predicted molar refractivity (Wildman–Crippen MR) is 135 cm³/mol. The highest BCUT2D eigenvalue weighted by atomic mass is 16.3. The van der Waals surface area contributed by atoms with Crippen LogP contribution >= 0.6 is 0 Å². The molecule has 2 heterocycles. The third-order valence-electron chi connectivity index (χ3n) is 6.27. The van der Waals surface area contributed by atoms with Gasteiger partial charge in [0.1, 0.15) is 17.8 Å². The van der Waals surface area contributed by atoms with E-state index in [4.69, 9.17) is 4.42 Å². The topological polar surface area (TPSA) is 93.3 Å². The van der Waals surface area contributed by atoms with E-state index in [1.807, 2.05) is 76.2 Å². The molecule has 0 saturated heterocycles. The minimum Gasteiger partial charge on any atom is -0.467 e. The molecule has 0 radical (unpaired) electrons. The van der Waals surface area contributed by atoms with Gasteiger partial charge in [-0.2, -0.15) is 0 Å². The second kappa shape index (κ2) is 10.1. The summed E-state index contributed by atoms with van der Waals surface area (Å²) < 4.78 is 7.27. The smallest absolute Gasteiger partial charge is 0.251 e. The molecule has 1 unspecified atom stereocenters. The summed E-state index contributed by atoms with van der Waals surface area (Å²) in [5, 5.41) is 11.5. The number of para-hydroxylation sites is 2. The summed E-state index contributed by atoms with van der Waals surface area (Å²) in [6.45, 7) is 7.86. The van der Waals surface area contributed by atoms with Crippen molar-refractivity contribution < 1.29 is 14.0 Å². The second-order valence-electron chi connectivity index (χ2n) is 9.13. The van der Waals surface area contributed by atoms with E-state index in [-0.39, 0.29) is 18.4 Å². The van der Waals surface area contributed by atoms with Crippen molar-refractivity contribution in [2.75, 3.05) is 4.90 Å². The molecule has 1 atom stereocenters. The Bertz CT molecular complexity index is 1310. The molecular formula is C27H31N5O3. The van der Waals surface area contributed by atoms with Crippen molar-refractivity contribution in [3.05, 3.63) is 78.3 Å². The lowest BCUT2D eigenvalue weighted by atomic mass is 10.00. The Balaban J connectivity index is 1.81. The minimum atomic E-state index is -0.995. The van der Waals surface area contributed by atoms with Gasteiger partial charge in [0, 0.05) is 11.2 Å². The summed E-state index contributed by atoms with van der Waals surface area (Å²) in [5.41, 5.74) is 2.60. The van der Waals surface area contributed by atoms with E-state index >= 15 is 0 Å². The summed E-state index contributed by atoms with van der Waals surface area (Å²) >= 11 is 0. The maximum atomic E-state index is 14.0. The molecule has 2 amide bonds. The lowest BCUT2D eigenvalue weighted by Gasteiger charge is -2.34. The van der Waals surface area contributed by atoms with Crippen molar-refractivity contribution in [3.63, 3.8) is 0 Å². The summed E-state index contributed by atoms with van der Waals surface area (Å²) in [6, 6.07) is 17.5. The third kappa shape index (κ3) is 5.11. The third-order valence-corrected chi connectivity index (χ3v) is 6.27. The fourth-order valence-corrected chi connectivity index (χ4v) is 4.01. The lowest BCUT2D eigenvalue weighted by Crippen LogP contribution is -2.51. The van der Waals surface area contributed by atoms with Crippen molar-refractivity contribution in [3.8, 4) is 0 Å². The number of anilines is 1. The Labute approximate surface area is 204 Å². The molecule has 2 aromatic heterocycles. The minimum absolute atomic E-state index is 0.0831. The Morgan fingerprint density at radius 2 is 1.80 bits per heavy atom. The van der Waals surface area contributed by atoms with Crippen LogP contribution in [0.1, 0.15) is 51.5 Å². The molecule has 0 fully saturated rings. The number of nitrogens with one attached hydrogen (secondary N) is 1. The largest absolute Gasteiger partial charge is 0.467 e. The highest BCUT2D eigenvalue weighted by Crippen LogP contribution is 2.32. The van der Waals surface area contributed by atoms with Crippen LogP contribution in [-0.4, -0.2) is 32.3 Å². The zero-order chi connectivity index (χ0) is 25.0. The zero-order valence-electron chi connectivity index (χ0n) is 20.6. The van der Waals surface area contributed by atoms with Gasteiger partial charge in [-0.05, 0) is 62.6 Å². The van der Waals surface area contributed by atoms with Gasteiger partial charge in [-0.1, -0.05) is 49.4 Å². The molecule has 4 rings (SSSR count). The van der Waals surface area contributed by atoms with Gasteiger partial charge in [0.05, 0.1) is 11.8 Å². The molecular weight excluding hydrogens is 442 g/mol. The molecule has 0 saturated carbocycles. The molecule has 0 aliphatic carbocycles. The molecule has 0 spiro atoms. The number of nitrogens with zero attached hydrogens (tertiary/aromatic N) is 4. The summed E-state index contributed by atoms with van der Waals surface area (Å²) in [5.74, 6) is -0.223. The van der Waals surface area contributed by atoms with Crippen LogP contribution in [0.2, 0.25) is 0 Å². The van der Waals surface area contributed by atoms with Gasteiger partial charge >= 0.3 is 0 Å². The number of hydrogen-bond donors (Lipinski definition) is 1. The average molecular weight is 474 g/mol. The Morgan fingerprint density at radius 1 is 1.06 bits per heavy atom. The number of aromatic nitrogens is 3. The van der Waals surface area contributed by atoms with Crippen molar-refractivity contribution in [2.45, 2.75) is 58.7 Å². The van der Waals surface area contributed by atoms with E-state index in [1.165, 1.54) is 11.2 Å². The van der Waals surface area contributed by atoms with E-state index in [1.54, 1.807) is 16.8 Å². The maximum Gasteiger partial charge on any atom is 0.251 e. The van der Waals surface area contributed by atoms with Crippen LogP contribution in [-0.2, 0) is 22.6 Å². The Kier molecular flexibility index (Phi) is 7.00. The zero-order valence-corrected chi connectivity index (χ0v) is 20.6. The maximum absolute atomic E-state index is 14.0. The fourth-order valence-electron chi connectivity index (χ4n) is 4.01. The van der Waals surface area contributed by atoms with Crippen molar-refractivity contribution in [1.82, 2.24) is 20.3 Å². The number of carbonyl (C=O) groups is 2. The van der Waals surface area contributed by atoms with Crippen LogP contribution in [0.15, 0.2) is 71.3 Å². The van der Waals surface area contributed by atoms with Gasteiger partial charge in [0.2, 0.25) is 5.91 Å². The predicted octanol–water partition coefficient (Wildman–Crippen LogP) is 4.67. The molecule has 8 heteroatoms. The van der Waals surface area contributed by atoms with Crippen LogP contribution in [0.25, 0.3) is 11.0 Å². The number of rotatable bonds is 9. The van der Waals surface area contributed by atoms with Crippen molar-refractivity contribution in [1.29, 1.82) is 0 Å². The van der Waals surface area contributed by atoms with Gasteiger partial charge in [-0.25, -0.2) is 4.68 Å². The van der Waals surface area contributed by atoms with E-state index in [2.05, 4.69) is 15.6 Å². The standard InChI is InChI=1S/C27H31N5O3/c1-5-19-12-7-9-14-21(19)32(24(33)18-31-22-15-10-8-13-20(22)29-30-31)25(23-16-11-17-35-23)26(34)28-27(3,4)6-2/h7-17,25H,5-6,18H2,1-4H3,(H,28,34). The number of carbonyl (C=O) groups excluding carboxylic acids is 2. The quantitative estimate of drug-likeness (QED) is 0.381. The summed E-state index contributed by atoms with van der Waals surface area (Å²) in [4.78, 5) is 29.3. The first-order chi connectivity index (χ1) is 16.8. The van der Waals surface area contributed by atoms with Crippen LogP contribution in [0.5, 0.6) is 0 Å². The molecule has 0 aliphatic heterocycles. The number of hydrogen-bond acceptors (Lipinski definition) is 5. The number of benzene rings is 2. The highest BCUT2D eigenvalue weighted by molar-refractivity contribution is 6.02. The van der Waals surface area contributed by atoms with E-state index < -0.39 is 11.6 Å². The highest BCUT2D eigenvalue weighted by Gasteiger charge is 2.37. The van der Waals surface area contributed by atoms with Crippen LogP contribution in [0, 0.1) is 0 Å². The van der Waals surface area contributed by atoms with E-state index in [9.17, 15) is 9.59 Å². The number of amides is 2. The molecule has 4 aromatic rings. The first kappa shape index (κ1) is 24.2. The van der Waals surface area contributed by atoms with Gasteiger partial charge in [-0.3, -0.25) is 14.5 Å². The van der Waals surface area contributed by atoms with Crippen LogP contribution in [0.3, 0.4) is 0 Å². The van der Waals surface area contributed by atoms with Crippen LogP contribution in [0.4, 0.5) is 5.69 Å². The SMILES string of the molecule is CCc1ccccc1N(C(=O)Cn1nnc2ccccc21)C(C(=O)NC(C)(C)CC)c1ccco1. The van der Waals surface area contributed by atoms with Gasteiger partial charge in [-0.15, -0.1) is 5.10 Å². The van der Waals surface area contributed by atoms with Crippen molar-refractivity contribution >= 4 is 28.5 Å². The summed E-state index contributed by atoms with van der Waals surface area (Å²) in [7, 11) is 0. The van der Waals surface area contributed by atoms with Gasteiger partial charge < -0.3 is 9.73 Å². The molecule has 182 valence electrons. The van der Waals surface area contributed by atoms with Crippen LogP contribution < -0.4 is 10.2 Å².